The van der Waals surface area contributed by atoms with Gasteiger partial charge in [-0.25, -0.2) is 26.6 Å². The molecule has 1 aromatic heterocycles. The molecule has 1 heterocycles. The molecule has 2 aliphatic carbocycles. The SMILES string of the molecule is O=C(Nc1cc(F)c(F)c(F)c1)c1ccc(Cl)c(S(=O)(=O)C2C3CC[C@H]2CC(O)(C#Cc2ccccn2)C3)c1. The Morgan fingerprint density at radius 2 is 1.72 bits per heavy atom. The van der Waals surface area contributed by atoms with Gasteiger partial charge in [0.1, 0.15) is 11.3 Å². The van der Waals surface area contributed by atoms with Gasteiger partial charge in [0.2, 0.25) is 0 Å². The first-order chi connectivity index (χ1) is 18.5. The highest BCUT2D eigenvalue weighted by atomic mass is 35.5. The summed E-state index contributed by atoms with van der Waals surface area (Å²) in [6.45, 7) is 0. The Balaban J connectivity index is 1.39. The first-order valence-electron chi connectivity index (χ1n) is 12.1. The van der Waals surface area contributed by atoms with E-state index in [9.17, 15) is 31.5 Å². The van der Waals surface area contributed by atoms with Crippen LogP contribution in [0.25, 0.3) is 0 Å². The number of fused-ring (bicyclic) bond motifs is 2. The van der Waals surface area contributed by atoms with Crippen molar-refractivity contribution in [2.75, 3.05) is 5.32 Å². The molecular formula is C28H22ClF3N2O4S. The molecule has 0 aliphatic heterocycles. The van der Waals surface area contributed by atoms with Crippen molar-refractivity contribution < 1.29 is 31.5 Å². The number of nitrogens with zero attached hydrogens (tertiary/aromatic N) is 1. The van der Waals surface area contributed by atoms with Crippen LogP contribution in [0.15, 0.2) is 59.6 Å². The van der Waals surface area contributed by atoms with Crippen LogP contribution in [0.3, 0.4) is 0 Å². The Kier molecular flexibility index (Phi) is 7.18. The summed E-state index contributed by atoms with van der Waals surface area (Å²) < 4.78 is 68.0. The average Bonchev–Trinajstić information content (AvgIpc) is 3.20. The van der Waals surface area contributed by atoms with E-state index in [1.165, 1.54) is 12.1 Å². The largest absolute Gasteiger partial charge is 0.378 e. The molecule has 202 valence electrons. The third-order valence-corrected chi connectivity index (χ3v) is 10.1. The lowest BCUT2D eigenvalue weighted by Gasteiger charge is -2.38. The third kappa shape index (κ3) is 5.39. The highest BCUT2D eigenvalue weighted by Crippen LogP contribution is 2.51. The average molecular weight is 575 g/mol. The van der Waals surface area contributed by atoms with Gasteiger partial charge in [-0.2, -0.15) is 0 Å². The molecular weight excluding hydrogens is 553 g/mol. The molecule has 2 aromatic carbocycles. The maximum absolute atomic E-state index is 13.8. The lowest BCUT2D eigenvalue weighted by atomic mass is 9.77. The zero-order valence-corrected chi connectivity index (χ0v) is 21.9. The van der Waals surface area contributed by atoms with Crippen LogP contribution in [0.2, 0.25) is 5.02 Å². The second kappa shape index (κ2) is 10.3. The van der Waals surface area contributed by atoms with Crippen LogP contribution >= 0.6 is 11.6 Å². The molecule has 2 N–H and O–H groups in total. The maximum Gasteiger partial charge on any atom is 0.255 e. The third-order valence-electron chi connectivity index (χ3n) is 7.23. The smallest absolute Gasteiger partial charge is 0.255 e. The first kappa shape index (κ1) is 27.2. The molecule has 0 radical (unpaired) electrons. The van der Waals surface area contributed by atoms with Crippen LogP contribution in [-0.4, -0.2) is 35.3 Å². The van der Waals surface area contributed by atoms with Gasteiger partial charge in [-0.1, -0.05) is 23.6 Å². The van der Waals surface area contributed by atoms with E-state index in [0.717, 1.165) is 6.07 Å². The fourth-order valence-corrected chi connectivity index (χ4v) is 8.44. The van der Waals surface area contributed by atoms with Gasteiger partial charge >= 0.3 is 0 Å². The number of aromatic nitrogens is 1. The lowest BCUT2D eigenvalue weighted by molar-refractivity contribution is 0.0340. The van der Waals surface area contributed by atoms with Crippen molar-refractivity contribution in [1.82, 2.24) is 4.98 Å². The lowest BCUT2D eigenvalue weighted by Crippen LogP contribution is -2.45. The van der Waals surface area contributed by atoms with Crippen LogP contribution in [-0.2, 0) is 9.84 Å². The van der Waals surface area contributed by atoms with Crippen molar-refractivity contribution in [3.63, 3.8) is 0 Å². The number of hydrogen-bond acceptors (Lipinski definition) is 5. The summed E-state index contributed by atoms with van der Waals surface area (Å²) in [5, 5.41) is 12.5. The monoisotopic (exact) mass is 574 g/mol. The predicted molar refractivity (Wildman–Crippen MR) is 138 cm³/mol. The molecule has 2 aliphatic rings. The van der Waals surface area contributed by atoms with E-state index in [2.05, 4.69) is 22.1 Å². The van der Waals surface area contributed by atoms with Crippen molar-refractivity contribution in [2.45, 2.75) is 41.4 Å². The maximum atomic E-state index is 13.8. The number of pyridine rings is 1. The zero-order chi connectivity index (χ0) is 27.9. The van der Waals surface area contributed by atoms with Gasteiger partial charge in [0, 0.05) is 29.6 Å². The Morgan fingerprint density at radius 3 is 2.33 bits per heavy atom. The van der Waals surface area contributed by atoms with Crippen LogP contribution in [0.5, 0.6) is 0 Å². The number of benzene rings is 2. The molecule has 6 nitrogen and oxygen atoms in total. The molecule has 4 atom stereocenters. The fourth-order valence-electron chi connectivity index (χ4n) is 5.59. The standard InChI is InChI=1S/C28H22ClF3N2O4S/c29-21-7-6-16(27(35)34-20-12-22(30)25(32)23(31)13-20)11-24(21)39(37,38)26-17-4-5-18(26)15-28(36,14-17)9-8-19-3-1-2-10-33-19/h1-3,6-7,10-13,17-18,26,36H,4-5,14-15H2,(H,34,35)/t17-,18?,26?,28?/m0/s1. The van der Waals surface area contributed by atoms with E-state index in [4.69, 9.17) is 11.6 Å². The zero-order valence-electron chi connectivity index (χ0n) is 20.3. The summed E-state index contributed by atoms with van der Waals surface area (Å²) in [4.78, 5) is 16.6. The summed E-state index contributed by atoms with van der Waals surface area (Å²) in [7, 11) is -4.05. The summed E-state index contributed by atoms with van der Waals surface area (Å²) in [6.07, 6.45) is 3.08. The van der Waals surface area contributed by atoms with Gasteiger partial charge in [-0.05, 0) is 73.8 Å². The van der Waals surface area contributed by atoms with E-state index in [1.807, 2.05) is 0 Å². The number of amides is 1. The molecule has 2 saturated carbocycles. The Bertz CT molecular complexity index is 1590. The predicted octanol–water partition coefficient (Wildman–Crippen LogP) is 5.15. The van der Waals surface area contributed by atoms with Crippen molar-refractivity contribution in [2.24, 2.45) is 11.8 Å². The van der Waals surface area contributed by atoms with E-state index in [0.29, 0.717) is 30.7 Å². The van der Waals surface area contributed by atoms with Crippen molar-refractivity contribution in [1.29, 1.82) is 0 Å². The Labute approximate surface area is 228 Å². The van der Waals surface area contributed by atoms with Gasteiger partial charge < -0.3 is 10.4 Å². The first-order valence-corrected chi connectivity index (χ1v) is 14.1. The summed E-state index contributed by atoms with van der Waals surface area (Å²) in [5.41, 5.74) is -1.32. The highest BCUT2D eigenvalue weighted by Gasteiger charge is 2.54. The van der Waals surface area contributed by atoms with Gasteiger partial charge in [0.25, 0.3) is 5.91 Å². The molecule has 3 aromatic rings. The number of rotatable bonds is 4. The number of nitrogens with one attached hydrogen (secondary N) is 1. The van der Waals surface area contributed by atoms with Crippen LogP contribution in [0, 0.1) is 41.1 Å². The van der Waals surface area contributed by atoms with E-state index in [-0.39, 0.29) is 45.8 Å². The molecule has 0 saturated heterocycles. The van der Waals surface area contributed by atoms with E-state index in [1.54, 1.807) is 24.4 Å². The van der Waals surface area contributed by atoms with E-state index >= 15 is 0 Å². The molecule has 0 spiro atoms. The number of sulfone groups is 1. The second-order valence-electron chi connectivity index (χ2n) is 9.87. The molecule has 1 amide bonds. The second-order valence-corrected chi connectivity index (χ2v) is 12.3. The quantitative estimate of drug-likeness (QED) is 0.332. The minimum atomic E-state index is -4.05. The van der Waals surface area contributed by atoms with Gasteiger partial charge in [0.15, 0.2) is 27.3 Å². The Morgan fingerprint density at radius 1 is 1.05 bits per heavy atom. The van der Waals surface area contributed by atoms with Crippen LogP contribution in [0.1, 0.15) is 41.7 Å². The van der Waals surface area contributed by atoms with Crippen molar-refractivity contribution in [3.8, 4) is 11.8 Å². The number of carbonyl (C=O) groups is 1. The minimum Gasteiger partial charge on any atom is -0.378 e. The van der Waals surface area contributed by atoms with Crippen LogP contribution in [0.4, 0.5) is 18.9 Å². The van der Waals surface area contributed by atoms with Gasteiger partial charge in [-0.15, -0.1) is 0 Å². The molecule has 11 heteroatoms. The summed E-state index contributed by atoms with van der Waals surface area (Å²) >= 11 is 6.28. The summed E-state index contributed by atoms with van der Waals surface area (Å²) in [5.74, 6) is -0.501. The van der Waals surface area contributed by atoms with Crippen LogP contribution < -0.4 is 5.32 Å². The molecule has 3 unspecified atom stereocenters. The molecule has 39 heavy (non-hydrogen) atoms. The normalized spacial score (nSPS) is 24.1. The molecule has 2 bridgehead atoms. The summed E-state index contributed by atoms with van der Waals surface area (Å²) in [6, 6.07) is 10.1. The number of halogens is 4. The van der Waals surface area contributed by atoms with E-state index < -0.39 is 44.0 Å². The van der Waals surface area contributed by atoms with Gasteiger partial charge in [0.05, 0.1) is 15.2 Å². The number of anilines is 1. The highest BCUT2D eigenvalue weighted by molar-refractivity contribution is 7.92. The minimum absolute atomic E-state index is 0.0828. The van der Waals surface area contributed by atoms with Gasteiger partial charge in [-0.3, -0.25) is 4.79 Å². The topological polar surface area (TPSA) is 96.4 Å². The number of hydrogen-bond donors (Lipinski definition) is 2. The van der Waals surface area contributed by atoms with Crippen molar-refractivity contribution >= 4 is 33.0 Å². The van der Waals surface area contributed by atoms with Crippen molar-refractivity contribution in [3.05, 3.63) is 88.5 Å². The fraction of sp³-hybridized carbons (Fsp3) is 0.286. The molecule has 5 rings (SSSR count). The molecule has 2 fully saturated rings. The number of carbonyl (C=O) groups excluding carboxylic acids is 1. The number of aliphatic hydroxyl groups is 1. The Hall–Kier alpha value is -3.39.